The first-order valence-electron chi connectivity index (χ1n) is 3.53. The first-order chi connectivity index (χ1) is 4.70. The fourth-order valence-corrected chi connectivity index (χ4v) is 1.22. The van der Waals surface area contributed by atoms with E-state index in [2.05, 4.69) is 24.1 Å². The molecule has 1 rings (SSSR count). The molecule has 0 atom stereocenters. The maximum absolute atomic E-state index is 5.77. The minimum absolute atomic E-state index is 0.958. The lowest BCUT2D eigenvalue weighted by atomic mass is 10.4. The van der Waals surface area contributed by atoms with Gasteiger partial charge in [-0.25, -0.2) is 14.4 Å². The Morgan fingerprint density at radius 3 is 2.00 bits per heavy atom. The highest BCUT2D eigenvalue weighted by molar-refractivity contribution is 6.13. The van der Waals surface area contributed by atoms with Crippen molar-refractivity contribution in [2.45, 2.75) is 0 Å². The zero-order chi connectivity index (χ0) is 7.56. The van der Waals surface area contributed by atoms with Crippen LogP contribution in [0.15, 0.2) is 0 Å². The van der Waals surface area contributed by atoms with Crippen LogP contribution in [-0.4, -0.2) is 54.7 Å². The zero-order valence-electron chi connectivity index (χ0n) is 6.55. The van der Waals surface area contributed by atoms with Crippen LogP contribution in [0.5, 0.6) is 0 Å². The van der Waals surface area contributed by atoms with Gasteiger partial charge in [-0.05, 0) is 11.8 Å². The van der Waals surface area contributed by atoms with Gasteiger partial charge in [0.1, 0.15) is 0 Å². The Labute approximate surface area is 67.2 Å². The molecule has 1 saturated heterocycles. The van der Waals surface area contributed by atoms with Gasteiger partial charge in [0.15, 0.2) is 0 Å². The van der Waals surface area contributed by atoms with E-state index in [1.165, 1.54) is 0 Å². The van der Waals surface area contributed by atoms with Gasteiger partial charge in [0, 0.05) is 40.3 Å². The highest BCUT2D eigenvalue weighted by atomic mass is 35.5. The van der Waals surface area contributed by atoms with Gasteiger partial charge in [0.05, 0.1) is 0 Å². The molecule has 3 nitrogen and oxygen atoms in total. The molecule has 60 valence electrons. The number of nitrogens with zero attached hydrogens (tertiary/aromatic N) is 3. The number of halogens is 1. The average Bonchev–Trinajstić information content (AvgIpc) is 1.88. The molecule has 0 spiro atoms. The number of hydrogen-bond donors (Lipinski definition) is 0. The minimum atomic E-state index is 0.958. The molecule has 1 aliphatic heterocycles. The van der Waals surface area contributed by atoms with Crippen LogP contribution in [0, 0.1) is 0 Å². The molecular weight excluding hydrogens is 150 g/mol. The van der Waals surface area contributed by atoms with Crippen molar-refractivity contribution in [3.05, 3.63) is 0 Å². The van der Waals surface area contributed by atoms with Crippen LogP contribution >= 0.6 is 11.8 Å². The molecular formula is C6H14ClN3. The van der Waals surface area contributed by atoms with Crippen molar-refractivity contribution < 1.29 is 0 Å². The molecule has 0 aromatic carbocycles. The standard InChI is InChI=1S/C6H14ClN3/c1-8(2)10-5-3-9(7)4-6-10/h3-6H2,1-2H3. The van der Waals surface area contributed by atoms with E-state index in [4.69, 9.17) is 11.8 Å². The molecule has 4 heteroatoms. The van der Waals surface area contributed by atoms with E-state index in [0.717, 1.165) is 26.2 Å². The van der Waals surface area contributed by atoms with Crippen molar-refractivity contribution >= 4 is 11.8 Å². The van der Waals surface area contributed by atoms with Gasteiger partial charge in [-0.3, -0.25) is 0 Å². The van der Waals surface area contributed by atoms with Crippen LogP contribution < -0.4 is 0 Å². The summed E-state index contributed by atoms with van der Waals surface area (Å²) in [6.45, 7) is 3.99. The summed E-state index contributed by atoms with van der Waals surface area (Å²) >= 11 is 5.77. The lowest BCUT2D eigenvalue weighted by molar-refractivity contribution is -0.00172. The van der Waals surface area contributed by atoms with Gasteiger partial charge in [-0.15, -0.1) is 0 Å². The van der Waals surface area contributed by atoms with Crippen LogP contribution in [0.1, 0.15) is 0 Å². The summed E-state index contributed by atoms with van der Waals surface area (Å²) in [5.41, 5.74) is 0. The van der Waals surface area contributed by atoms with Crippen molar-refractivity contribution in [1.82, 2.24) is 14.4 Å². The molecule has 1 fully saturated rings. The molecule has 0 aliphatic carbocycles. The molecule has 1 heterocycles. The van der Waals surface area contributed by atoms with Gasteiger partial charge in [0.2, 0.25) is 0 Å². The second-order valence-electron chi connectivity index (χ2n) is 2.71. The summed E-state index contributed by atoms with van der Waals surface area (Å²) in [6, 6.07) is 0. The third kappa shape index (κ3) is 2.09. The van der Waals surface area contributed by atoms with Gasteiger partial charge in [-0.1, -0.05) is 0 Å². The summed E-state index contributed by atoms with van der Waals surface area (Å²) in [4.78, 5) is 0. The average molecular weight is 164 g/mol. The number of hydrogen-bond acceptors (Lipinski definition) is 3. The highest BCUT2D eigenvalue weighted by Gasteiger charge is 2.15. The van der Waals surface area contributed by atoms with Crippen LogP contribution in [0.2, 0.25) is 0 Å². The predicted molar refractivity (Wildman–Crippen MR) is 42.7 cm³/mol. The van der Waals surface area contributed by atoms with Crippen LogP contribution in [0.25, 0.3) is 0 Å². The molecule has 0 amide bonds. The van der Waals surface area contributed by atoms with Gasteiger partial charge < -0.3 is 0 Å². The lowest BCUT2D eigenvalue weighted by Crippen LogP contribution is -2.48. The Bertz CT molecular complexity index is 99.2. The third-order valence-corrected chi connectivity index (χ3v) is 2.11. The fourth-order valence-electron chi connectivity index (χ4n) is 1.07. The molecule has 0 aromatic rings. The fraction of sp³-hybridized carbons (Fsp3) is 1.00. The summed E-state index contributed by atoms with van der Waals surface area (Å²) in [5.74, 6) is 0. The number of hydrazine groups is 1. The molecule has 1 aliphatic rings. The van der Waals surface area contributed by atoms with Crippen molar-refractivity contribution in [2.75, 3.05) is 40.3 Å². The predicted octanol–water partition coefficient (Wildman–Crippen LogP) is 0.234. The molecule has 0 unspecified atom stereocenters. The minimum Gasteiger partial charge on any atom is -0.248 e. The maximum atomic E-state index is 5.77. The Morgan fingerprint density at radius 2 is 1.60 bits per heavy atom. The van der Waals surface area contributed by atoms with E-state index in [0.29, 0.717) is 0 Å². The summed E-state index contributed by atoms with van der Waals surface area (Å²) in [6.07, 6.45) is 0. The molecule has 10 heavy (non-hydrogen) atoms. The molecule has 0 radical (unpaired) electrons. The van der Waals surface area contributed by atoms with Crippen molar-refractivity contribution in [3.8, 4) is 0 Å². The van der Waals surface area contributed by atoms with Gasteiger partial charge >= 0.3 is 0 Å². The van der Waals surface area contributed by atoms with Gasteiger partial charge in [0.25, 0.3) is 0 Å². The largest absolute Gasteiger partial charge is 0.248 e. The Kier molecular flexibility index (Phi) is 2.92. The Hall–Kier alpha value is 0.170. The summed E-state index contributed by atoms with van der Waals surface area (Å²) in [7, 11) is 4.12. The highest BCUT2D eigenvalue weighted by Crippen LogP contribution is 2.03. The van der Waals surface area contributed by atoms with Gasteiger partial charge in [-0.2, -0.15) is 0 Å². The zero-order valence-corrected chi connectivity index (χ0v) is 7.30. The van der Waals surface area contributed by atoms with E-state index in [-0.39, 0.29) is 0 Å². The van der Waals surface area contributed by atoms with Crippen LogP contribution in [0.3, 0.4) is 0 Å². The maximum Gasteiger partial charge on any atom is 0.0281 e. The smallest absolute Gasteiger partial charge is 0.0281 e. The first-order valence-corrected chi connectivity index (χ1v) is 3.87. The normalized spacial score (nSPS) is 24.0. The van der Waals surface area contributed by atoms with Crippen molar-refractivity contribution in [3.63, 3.8) is 0 Å². The SMILES string of the molecule is CN(C)N1CCN(Cl)CC1. The van der Waals surface area contributed by atoms with E-state index in [9.17, 15) is 0 Å². The monoisotopic (exact) mass is 163 g/mol. The van der Waals surface area contributed by atoms with Crippen LogP contribution in [-0.2, 0) is 0 Å². The van der Waals surface area contributed by atoms with E-state index in [1.54, 1.807) is 0 Å². The quantitative estimate of drug-likeness (QED) is 0.513. The first kappa shape index (κ1) is 8.27. The van der Waals surface area contributed by atoms with Crippen molar-refractivity contribution in [2.24, 2.45) is 0 Å². The lowest BCUT2D eigenvalue weighted by Gasteiger charge is -2.34. The Morgan fingerprint density at radius 1 is 1.10 bits per heavy atom. The molecule has 0 saturated carbocycles. The second-order valence-corrected chi connectivity index (χ2v) is 3.19. The number of rotatable bonds is 1. The third-order valence-electron chi connectivity index (χ3n) is 1.77. The summed E-state index contributed by atoms with van der Waals surface area (Å²) < 4.78 is 1.83. The molecule has 0 N–H and O–H groups in total. The van der Waals surface area contributed by atoms with E-state index in [1.807, 2.05) is 4.42 Å². The molecule has 0 aromatic heterocycles. The molecule has 0 bridgehead atoms. The second kappa shape index (κ2) is 3.53. The number of piperazine rings is 1. The van der Waals surface area contributed by atoms with E-state index < -0.39 is 0 Å². The van der Waals surface area contributed by atoms with Crippen molar-refractivity contribution in [1.29, 1.82) is 0 Å². The Balaban J connectivity index is 2.26. The van der Waals surface area contributed by atoms with Crippen LogP contribution in [0.4, 0.5) is 0 Å². The topological polar surface area (TPSA) is 9.72 Å². The van der Waals surface area contributed by atoms with E-state index >= 15 is 0 Å². The summed E-state index contributed by atoms with van der Waals surface area (Å²) in [5, 5.41) is 4.39.